The predicted molar refractivity (Wildman–Crippen MR) is 118 cm³/mol. The lowest BCUT2D eigenvalue weighted by molar-refractivity contribution is -0.108. The van der Waals surface area contributed by atoms with Gasteiger partial charge in [-0.15, -0.1) is 0 Å². The van der Waals surface area contributed by atoms with Crippen molar-refractivity contribution in [3.8, 4) is 11.1 Å². The predicted octanol–water partition coefficient (Wildman–Crippen LogP) is 6.42. The van der Waals surface area contributed by atoms with Crippen molar-refractivity contribution in [2.75, 3.05) is 6.54 Å². The molecule has 4 nitrogen and oxygen atoms in total. The maximum Gasteiger partial charge on any atom is 0.407 e. The fourth-order valence-corrected chi connectivity index (χ4v) is 4.55. The molecule has 0 heterocycles. The smallest absolute Gasteiger partial charge is 0.407 e. The summed E-state index contributed by atoms with van der Waals surface area (Å²) in [6, 6.07) is 20.4. The molecule has 0 fully saturated rings. The molecule has 1 amide bonds. The zero-order chi connectivity index (χ0) is 21.3. The molecule has 0 saturated heterocycles. The van der Waals surface area contributed by atoms with Crippen molar-refractivity contribution in [2.45, 2.75) is 18.4 Å². The number of aldehydes is 1. The van der Waals surface area contributed by atoms with Gasteiger partial charge in [0.25, 0.3) is 0 Å². The van der Waals surface area contributed by atoms with Gasteiger partial charge in [0, 0.05) is 18.9 Å². The summed E-state index contributed by atoms with van der Waals surface area (Å²) in [6.45, 7) is 0.224. The van der Waals surface area contributed by atoms with Crippen molar-refractivity contribution in [1.82, 2.24) is 4.90 Å². The molecular formula is C24H19Cl2NO3. The van der Waals surface area contributed by atoms with Gasteiger partial charge in [0.05, 0.1) is 16.1 Å². The van der Waals surface area contributed by atoms with Crippen LogP contribution in [0.2, 0.25) is 10.0 Å². The fraction of sp³-hybridized carbons (Fsp3) is 0.167. The zero-order valence-corrected chi connectivity index (χ0v) is 17.5. The molecule has 1 atom stereocenters. The molecule has 3 aromatic rings. The zero-order valence-electron chi connectivity index (χ0n) is 16.0. The summed E-state index contributed by atoms with van der Waals surface area (Å²) in [7, 11) is 0. The highest BCUT2D eigenvalue weighted by Crippen LogP contribution is 2.45. The van der Waals surface area contributed by atoms with E-state index in [1.54, 1.807) is 18.2 Å². The molecule has 152 valence electrons. The highest BCUT2D eigenvalue weighted by atomic mass is 35.5. The van der Waals surface area contributed by atoms with E-state index in [2.05, 4.69) is 12.1 Å². The summed E-state index contributed by atoms with van der Waals surface area (Å²) >= 11 is 12.2. The molecular weight excluding hydrogens is 421 g/mol. The number of fused-ring (bicyclic) bond motifs is 3. The summed E-state index contributed by atoms with van der Waals surface area (Å²) in [4.78, 5) is 25.1. The fourth-order valence-electron chi connectivity index (χ4n) is 4.25. The highest BCUT2D eigenvalue weighted by molar-refractivity contribution is 6.42. The number of amides is 1. The van der Waals surface area contributed by atoms with Crippen LogP contribution in [0.1, 0.15) is 35.1 Å². The SMILES string of the molecule is O=CCC(c1ccc(Cl)c(Cl)c1)N(CC1c2ccccc2-c2ccccc21)C(=O)O. The number of rotatable bonds is 6. The number of hydrogen-bond donors (Lipinski definition) is 1. The van der Waals surface area contributed by atoms with Gasteiger partial charge >= 0.3 is 6.09 Å². The van der Waals surface area contributed by atoms with Crippen molar-refractivity contribution >= 4 is 35.6 Å². The summed E-state index contributed by atoms with van der Waals surface area (Å²) in [5, 5.41) is 10.8. The van der Waals surface area contributed by atoms with E-state index >= 15 is 0 Å². The Labute approximate surface area is 184 Å². The molecule has 1 N–H and O–H groups in total. The number of halogens is 2. The van der Waals surface area contributed by atoms with E-state index in [0.717, 1.165) is 28.5 Å². The molecule has 30 heavy (non-hydrogen) atoms. The summed E-state index contributed by atoms with van der Waals surface area (Å²) < 4.78 is 0. The van der Waals surface area contributed by atoms with Crippen LogP contribution in [0, 0.1) is 0 Å². The van der Waals surface area contributed by atoms with Gasteiger partial charge in [-0.2, -0.15) is 0 Å². The molecule has 3 aromatic carbocycles. The Morgan fingerprint density at radius 2 is 1.57 bits per heavy atom. The first-order valence-corrected chi connectivity index (χ1v) is 10.3. The number of nitrogens with zero attached hydrogens (tertiary/aromatic N) is 1. The van der Waals surface area contributed by atoms with Crippen LogP contribution < -0.4 is 0 Å². The Morgan fingerprint density at radius 3 is 2.10 bits per heavy atom. The van der Waals surface area contributed by atoms with Crippen molar-refractivity contribution in [3.63, 3.8) is 0 Å². The molecule has 6 heteroatoms. The first-order valence-electron chi connectivity index (χ1n) is 9.57. The van der Waals surface area contributed by atoms with Gasteiger partial charge in [-0.25, -0.2) is 4.79 Å². The number of carbonyl (C=O) groups is 2. The van der Waals surface area contributed by atoms with Crippen LogP contribution >= 0.6 is 23.2 Å². The number of carboxylic acid groups (broad SMARTS) is 1. The van der Waals surface area contributed by atoms with Crippen LogP contribution in [0.4, 0.5) is 4.79 Å². The lowest BCUT2D eigenvalue weighted by atomic mass is 9.94. The maximum atomic E-state index is 12.3. The third-order valence-corrected chi connectivity index (χ3v) is 6.35. The van der Waals surface area contributed by atoms with E-state index in [-0.39, 0.29) is 18.9 Å². The van der Waals surface area contributed by atoms with Gasteiger partial charge in [0.1, 0.15) is 6.29 Å². The van der Waals surface area contributed by atoms with Crippen LogP contribution in [-0.4, -0.2) is 28.9 Å². The molecule has 1 aliphatic carbocycles. The van der Waals surface area contributed by atoms with Gasteiger partial charge < -0.3 is 9.90 Å². The van der Waals surface area contributed by atoms with Crippen molar-refractivity contribution < 1.29 is 14.7 Å². The molecule has 4 rings (SSSR count). The first-order chi connectivity index (χ1) is 14.5. The van der Waals surface area contributed by atoms with Crippen molar-refractivity contribution in [1.29, 1.82) is 0 Å². The first kappa shape index (κ1) is 20.5. The monoisotopic (exact) mass is 439 g/mol. The standard InChI is InChI=1S/C24H19Cl2NO3/c25-21-10-9-15(13-22(21)26)23(11-12-28)27(24(29)30)14-20-18-7-3-1-5-16(18)17-6-2-4-8-19(17)20/h1-10,12-13,20,23H,11,14H2,(H,29,30). The van der Waals surface area contributed by atoms with Crippen LogP contribution in [0.15, 0.2) is 66.7 Å². The van der Waals surface area contributed by atoms with Gasteiger partial charge in [0.15, 0.2) is 0 Å². The lowest BCUT2D eigenvalue weighted by Crippen LogP contribution is -2.37. The van der Waals surface area contributed by atoms with Crippen LogP contribution in [-0.2, 0) is 4.79 Å². The van der Waals surface area contributed by atoms with E-state index in [1.807, 2.05) is 36.4 Å². The van der Waals surface area contributed by atoms with Crippen LogP contribution in [0.25, 0.3) is 11.1 Å². The van der Waals surface area contributed by atoms with Crippen molar-refractivity contribution in [2.24, 2.45) is 0 Å². The summed E-state index contributed by atoms with van der Waals surface area (Å²) in [5.41, 5.74) is 5.04. The van der Waals surface area contributed by atoms with Gasteiger partial charge in [-0.05, 0) is 39.9 Å². The Bertz CT molecular complexity index is 1070. The molecule has 1 unspecified atom stereocenters. The highest BCUT2D eigenvalue weighted by Gasteiger charge is 2.34. The Balaban J connectivity index is 1.75. The van der Waals surface area contributed by atoms with E-state index in [9.17, 15) is 14.7 Å². The topological polar surface area (TPSA) is 57.6 Å². The van der Waals surface area contributed by atoms with Crippen molar-refractivity contribution in [3.05, 3.63) is 93.5 Å². The van der Waals surface area contributed by atoms with Gasteiger partial charge in [-0.3, -0.25) is 4.90 Å². The molecule has 0 radical (unpaired) electrons. The summed E-state index contributed by atoms with van der Waals surface area (Å²) in [5.74, 6) is -0.120. The second-order valence-corrected chi connectivity index (χ2v) is 8.07. The number of benzene rings is 3. The van der Waals surface area contributed by atoms with Gasteiger partial charge in [-0.1, -0.05) is 77.8 Å². The van der Waals surface area contributed by atoms with E-state index in [4.69, 9.17) is 23.2 Å². The van der Waals surface area contributed by atoms with E-state index in [0.29, 0.717) is 15.6 Å². The van der Waals surface area contributed by atoms with Crippen LogP contribution in [0.3, 0.4) is 0 Å². The van der Waals surface area contributed by atoms with E-state index < -0.39 is 12.1 Å². The molecule has 0 bridgehead atoms. The minimum absolute atomic E-state index is 0.0281. The Hall–Kier alpha value is -2.82. The largest absolute Gasteiger partial charge is 0.465 e. The molecule has 0 aromatic heterocycles. The normalized spacial score (nSPS) is 13.4. The number of carbonyl (C=O) groups excluding carboxylic acids is 1. The average molecular weight is 440 g/mol. The third kappa shape index (κ3) is 3.69. The second-order valence-electron chi connectivity index (χ2n) is 7.25. The van der Waals surface area contributed by atoms with Crippen LogP contribution in [0.5, 0.6) is 0 Å². The Kier molecular flexibility index (Phi) is 5.80. The molecule has 0 saturated carbocycles. The van der Waals surface area contributed by atoms with Gasteiger partial charge in [0.2, 0.25) is 0 Å². The minimum Gasteiger partial charge on any atom is -0.465 e. The average Bonchev–Trinajstić information content (AvgIpc) is 3.06. The quantitative estimate of drug-likeness (QED) is 0.451. The third-order valence-electron chi connectivity index (χ3n) is 5.61. The second kappa shape index (κ2) is 8.50. The minimum atomic E-state index is -1.09. The molecule has 0 aliphatic heterocycles. The summed E-state index contributed by atoms with van der Waals surface area (Å²) in [6.07, 6.45) is -0.324. The maximum absolute atomic E-state index is 12.3. The van der Waals surface area contributed by atoms with E-state index in [1.165, 1.54) is 4.90 Å². The molecule has 0 spiro atoms. The number of hydrogen-bond acceptors (Lipinski definition) is 2. The lowest BCUT2D eigenvalue weighted by Gasteiger charge is -2.31. The Morgan fingerprint density at radius 1 is 0.967 bits per heavy atom. The molecule has 1 aliphatic rings.